The Morgan fingerprint density at radius 3 is 2.52 bits per heavy atom. The quantitative estimate of drug-likeness (QED) is 0.632. The Kier molecular flexibility index (Phi) is 6.12. The number of anilines is 1. The van der Waals surface area contributed by atoms with Crippen molar-refractivity contribution in [1.82, 2.24) is 10.6 Å². The zero-order valence-electron chi connectivity index (χ0n) is 11.4. The molecule has 0 unspecified atom stereocenters. The molecule has 3 amide bonds. The summed E-state index contributed by atoms with van der Waals surface area (Å²) in [6, 6.07) is 2.63. The van der Waals surface area contributed by atoms with Gasteiger partial charge in [-0.25, -0.2) is 14.0 Å². The van der Waals surface area contributed by atoms with Gasteiger partial charge >= 0.3 is 12.0 Å². The number of carboxylic acid groups (broad SMARTS) is 1. The molecule has 0 saturated heterocycles. The molecule has 0 atom stereocenters. The van der Waals surface area contributed by atoms with Crippen LogP contribution in [0.15, 0.2) is 18.2 Å². The molecule has 0 heterocycles. The Labute approximate surface area is 120 Å². The molecule has 0 bridgehead atoms. The maximum Gasteiger partial charge on any atom is 0.338 e. The van der Waals surface area contributed by atoms with Crippen molar-refractivity contribution in [3.63, 3.8) is 0 Å². The van der Waals surface area contributed by atoms with Crippen molar-refractivity contribution < 1.29 is 23.9 Å². The summed E-state index contributed by atoms with van der Waals surface area (Å²) in [6.07, 6.45) is 0.133. The summed E-state index contributed by atoms with van der Waals surface area (Å²) in [4.78, 5) is 33.3. The van der Waals surface area contributed by atoms with Crippen LogP contribution in [0.2, 0.25) is 0 Å². The van der Waals surface area contributed by atoms with Gasteiger partial charge in [-0.15, -0.1) is 0 Å². The molecule has 114 valence electrons. The molecular weight excluding hydrogens is 281 g/mol. The van der Waals surface area contributed by atoms with Crippen LogP contribution in [-0.2, 0) is 4.79 Å². The Bertz CT molecular complexity index is 548. The van der Waals surface area contributed by atoms with Crippen LogP contribution in [-0.4, -0.2) is 36.1 Å². The molecule has 0 fully saturated rings. The highest BCUT2D eigenvalue weighted by molar-refractivity contribution is 5.92. The predicted octanol–water partition coefficient (Wildman–Crippen LogP) is 1.17. The molecular formula is C13H16FN3O4. The van der Waals surface area contributed by atoms with Gasteiger partial charge < -0.3 is 21.1 Å². The van der Waals surface area contributed by atoms with Crippen LogP contribution >= 0.6 is 0 Å². The first-order chi connectivity index (χ1) is 9.93. The van der Waals surface area contributed by atoms with E-state index in [2.05, 4.69) is 16.0 Å². The molecule has 0 saturated carbocycles. The first-order valence-electron chi connectivity index (χ1n) is 6.28. The van der Waals surface area contributed by atoms with Gasteiger partial charge in [-0.05, 0) is 25.1 Å². The second-order valence-electron chi connectivity index (χ2n) is 4.08. The number of aromatic carboxylic acids is 1. The number of benzene rings is 1. The zero-order valence-corrected chi connectivity index (χ0v) is 11.4. The van der Waals surface area contributed by atoms with E-state index in [4.69, 9.17) is 5.11 Å². The molecule has 1 rings (SSSR count). The minimum atomic E-state index is -1.38. The molecule has 1 aromatic rings. The predicted molar refractivity (Wildman–Crippen MR) is 73.7 cm³/mol. The van der Waals surface area contributed by atoms with E-state index in [1.54, 1.807) is 6.92 Å². The van der Waals surface area contributed by atoms with Crippen LogP contribution in [0.3, 0.4) is 0 Å². The molecule has 0 aliphatic carbocycles. The van der Waals surface area contributed by atoms with Crippen molar-refractivity contribution in [1.29, 1.82) is 0 Å². The Morgan fingerprint density at radius 1 is 1.24 bits per heavy atom. The first-order valence-corrected chi connectivity index (χ1v) is 6.28. The molecule has 1 aromatic carbocycles. The molecule has 0 aromatic heterocycles. The van der Waals surface area contributed by atoms with E-state index in [0.29, 0.717) is 6.54 Å². The Morgan fingerprint density at radius 2 is 1.95 bits per heavy atom. The fourth-order valence-corrected chi connectivity index (χ4v) is 1.52. The van der Waals surface area contributed by atoms with Gasteiger partial charge in [-0.1, -0.05) is 0 Å². The number of nitrogens with one attached hydrogen (secondary N) is 3. The number of carboxylic acids is 1. The molecule has 0 radical (unpaired) electrons. The van der Waals surface area contributed by atoms with E-state index in [-0.39, 0.29) is 24.6 Å². The summed E-state index contributed by atoms with van der Waals surface area (Å²) in [5.74, 6) is -2.51. The monoisotopic (exact) mass is 297 g/mol. The number of hydrogen-bond acceptors (Lipinski definition) is 3. The lowest BCUT2D eigenvalue weighted by Crippen LogP contribution is -2.33. The van der Waals surface area contributed by atoms with Crippen LogP contribution in [0, 0.1) is 5.82 Å². The number of rotatable bonds is 6. The van der Waals surface area contributed by atoms with E-state index >= 15 is 0 Å². The molecule has 8 heteroatoms. The van der Waals surface area contributed by atoms with Crippen molar-refractivity contribution in [2.75, 3.05) is 18.4 Å². The lowest BCUT2D eigenvalue weighted by atomic mass is 10.2. The smallest absolute Gasteiger partial charge is 0.338 e. The van der Waals surface area contributed by atoms with E-state index in [1.165, 1.54) is 6.07 Å². The van der Waals surface area contributed by atoms with Gasteiger partial charge in [0.1, 0.15) is 5.82 Å². The lowest BCUT2D eigenvalue weighted by molar-refractivity contribution is -0.120. The maximum absolute atomic E-state index is 13.4. The minimum absolute atomic E-state index is 0.119. The van der Waals surface area contributed by atoms with Gasteiger partial charge in [-0.2, -0.15) is 0 Å². The van der Waals surface area contributed by atoms with Gasteiger partial charge in [0.15, 0.2) is 0 Å². The number of urea groups is 1. The van der Waals surface area contributed by atoms with Gasteiger partial charge in [-0.3, -0.25) is 4.79 Å². The topological polar surface area (TPSA) is 108 Å². The SMILES string of the molecule is CCNC(=O)CCNC(=O)Nc1ccc(C(=O)O)c(F)c1. The van der Waals surface area contributed by atoms with Crippen LogP contribution in [0.25, 0.3) is 0 Å². The number of halogens is 1. The highest BCUT2D eigenvalue weighted by Crippen LogP contribution is 2.14. The van der Waals surface area contributed by atoms with Crippen LogP contribution in [0.1, 0.15) is 23.7 Å². The molecule has 4 N–H and O–H groups in total. The molecule has 0 spiro atoms. The summed E-state index contributed by atoms with van der Waals surface area (Å²) >= 11 is 0. The van der Waals surface area contributed by atoms with Crippen molar-refractivity contribution in [2.45, 2.75) is 13.3 Å². The fraction of sp³-hybridized carbons (Fsp3) is 0.308. The van der Waals surface area contributed by atoms with Crippen molar-refractivity contribution in [3.05, 3.63) is 29.6 Å². The average Bonchev–Trinajstić information content (AvgIpc) is 2.38. The van der Waals surface area contributed by atoms with Crippen molar-refractivity contribution in [2.24, 2.45) is 0 Å². The van der Waals surface area contributed by atoms with Crippen LogP contribution in [0.5, 0.6) is 0 Å². The van der Waals surface area contributed by atoms with E-state index in [1.807, 2.05) is 0 Å². The third-order valence-electron chi connectivity index (χ3n) is 2.47. The summed E-state index contributed by atoms with van der Waals surface area (Å²) in [6.45, 7) is 2.43. The largest absolute Gasteiger partial charge is 0.478 e. The van der Waals surface area contributed by atoms with Gasteiger partial charge in [0, 0.05) is 25.2 Å². The highest BCUT2D eigenvalue weighted by atomic mass is 19.1. The maximum atomic E-state index is 13.4. The van der Waals surface area contributed by atoms with E-state index in [0.717, 1.165) is 12.1 Å². The molecule has 0 aliphatic heterocycles. The standard InChI is InChI=1S/C13H16FN3O4/c1-2-15-11(18)5-6-16-13(21)17-8-3-4-9(12(19)20)10(14)7-8/h3-4,7H,2,5-6H2,1H3,(H,15,18)(H,19,20)(H2,16,17,21). The van der Waals surface area contributed by atoms with Gasteiger partial charge in [0.2, 0.25) is 5.91 Å². The first kappa shape index (κ1) is 16.4. The normalized spacial score (nSPS) is 9.81. The second kappa shape index (κ2) is 7.83. The average molecular weight is 297 g/mol. The fourth-order valence-electron chi connectivity index (χ4n) is 1.52. The Balaban J connectivity index is 2.46. The second-order valence-corrected chi connectivity index (χ2v) is 4.08. The molecule has 0 aliphatic rings. The van der Waals surface area contributed by atoms with E-state index in [9.17, 15) is 18.8 Å². The number of amides is 3. The summed E-state index contributed by atoms with van der Waals surface area (Å²) < 4.78 is 13.4. The van der Waals surface area contributed by atoms with Crippen molar-refractivity contribution >= 4 is 23.6 Å². The van der Waals surface area contributed by atoms with Gasteiger partial charge in [0.05, 0.1) is 5.56 Å². The van der Waals surface area contributed by atoms with Crippen molar-refractivity contribution in [3.8, 4) is 0 Å². The minimum Gasteiger partial charge on any atom is -0.478 e. The lowest BCUT2D eigenvalue weighted by Gasteiger charge is -2.08. The summed E-state index contributed by atoms with van der Waals surface area (Å²) in [7, 11) is 0. The third kappa shape index (κ3) is 5.47. The van der Waals surface area contributed by atoms with Crippen LogP contribution < -0.4 is 16.0 Å². The number of carbonyl (C=O) groups is 3. The van der Waals surface area contributed by atoms with Gasteiger partial charge in [0.25, 0.3) is 0 Å². The number of carbonyl (C=O) groups excluding carboxylic acids is 2. The Hall–Kier alpha value is -2.64. The molecule has 7 nitrogen and oxygen atoms in total. The zero-order chi connectivity index (χ0) is 15.8. The summed E-state index contributed by atoms with van der Waals surface area (Å²) in [5, 5.41) is 16.0. The number of hydrogen-bond donors (Lipinski definition) is 4. The summed E-state index contributed by atoms with van der Waals surface area (Å²) in [5.41, 5.74) is -0.356. The third-order valence-corrected chi connectivity index (χ3v) is 2.47. The van der Waals surface area contributed by atoms with E-state index < -0.39 is 23.4 Å². The molecule has 21 heavy (non-hydrogen) atoms. The van der Waals surface area contributed by atoms with Crippen LogP contribution in [0.4, 0.5) is 14.9 Å². The highest BCUT2D eigenvalue weighted by Gasteiger charge is 2.11.